The number of hydrogen-bond donors (Lipinski definition) is 0. The van der Waals surface area contributed by atoms with E-state index in [1.54, 1.807) is 0 Å². The Bertz CT molecular complexity index is 130. The van der Waals surface area contributed by atoms with Crippen molar-refractivity contribution >= 4 is 0 Å². The number of rotatable bonds is 2. The molecule has 43 valence electrons. The minimum Gasteiger partial charge on any atom is -0.354 e. The highest BCUT2D eigenvalue weighted by Crippen LogP contribution is 1.90. The van der Waals surface area contributed by atoms with Crippen molar-refractivity contribution in [3.63, 3.8) is 0 Å². The van der Waals surface area contributed by atoms with Crippen LogP contribution in [0, 0.1) is 6.92 Å². The largest absolute Gasteiger partial charge is 0.354 e. The SMILES string of the molecule is [CH2]CCn1cccc1. The van der Waals surface area contributed by atoms with Gasteiger partial charge in [-0.3, -0.25) is 0 Å². The van der Waals surface area contributed by atoms with Gasteiger partial charge in [-0.1, -0.05) is 6.92 Å². The zero-order valence-corrected chi connectivity index (χ0v) is 4.88. The molecule has 0 bridgehead atoms. The Morgan fingerprint density at radius 1 is 1.25 bits per heavy atom. The van der Waals surface area contributed by atoms with Gasteiger partial charge in [0, 0.05) is 18.9 Å². The van der Waals surface area contributed by atoms with Crippen LogP contribution in [0.2, 0.25) is 0 Å². The van der Waals surface area contributed by atoms with Gasteiger partial charge in [0.1, 0.15) is 0 Å². The van der Waals surface area contributed by atoms with Gasteiger partial charge in [0.15, 0.2) is 0 Å². The van der Waals surface area contributed by atoms with E-state index >= 15 is 0 Å². The second kappa shape index (κ2) is 2.55. The number of aromatic nitrogens is 1. The lowest BCUT2D eigenvalue weighted by Gasteiger charge is -1.94. The Hall–Kier alpha value is -0.720. The fourth-order valence-electron chi connectivity index (χ4n) is 0.702. The van der Waals surface area contributed by atoms with Crippen molar-refractivity contribution in [2.45, 2.75) is 13.0 Å². The number of nitrogens with zero attached hydrogens (tertiary/aromatic N) is 1. The van der Waals surface area contributed by atoms with Crippen molar-refractivity contribution in [2.24, 2.45) is 0 Å². The topological polar surface area (TPSA) is 4.93 Å². The Balaban J connectivity index is 2.50. The second-order valence-electron chi connectivity index (χ2n) is 1.77. The summed E-state index contributed by atoms with van der Waals surface area (Å²) in [6, 6.07) is 4.05. The molecule has 0 amide bonds. The highest BCUT2D eigenvalue weighted by Gasteiger charge is 1.80. The molecule has 1 radical (unpaired) electrons. The van der Waals surface area contributed by atoms with Gasteiger partial charge in [-0.15, -0.1) is 0 Å². The van der Waals surface area contributed by atoms with E-state index in [0.717, 1.165) is 13.0 Å². The fraction of sp³-hybridized carbons (Fsp3) is 0.286. The maximum atomic E-state index is 3.74. The van der Waals surface area contributed by atoms with E-state index in [0.29, 0.717) is 0 Å². The van der Waals surface area contributed by atoms with Gasteiger partial charge in [-0.2, -0.15) is 0 Å². The van der Waals surface area contributed by atoms with Gasteiger partial charge >= 0.3 is 0 Å². The molecule has 0 unspecified atom stereocenters. The van der Waals surface area contributed by atoms with Gasteiger partial charge in [0.2, 0.25) is 0 Å². The van der Waals surface area contributed by atoms with Crippen LogP contribution in [0.4, 0.5) is 0 Å². The molecule has 0 spiro atoms. The minimum absolute atomic E-state index is 0.967. The molecule has 1 aromatic heterocycles. The van der Waals surface area contributed by atoms with Crippen LogP contribution in [0.15, 0.2) is 24.5 Å². The maximum absolute atomic E-state index is 3.74. The van der Waals surface area contributed by atoms with Gasteiger partial charge in [-0.05, 0) is 18.6 Å². The number of aryl methyl sites for hydroxylation is 1. The number of hydrogen-bond acceptors (Lipinski definition) is 0. The monoisotopic (exact) mass is 108 g/mol. The van der Waals surface area contributed by atoms with E-state index in [4.69, 9.17) is 0 Å². The minimum atomic E-state index is 0.967. The van der Waals surface area contributed by atoms with E-state index in [-0.39, 0.29) is 0 Å². The van der Waals surface area contributed by atoms with E-state index in [1.165, 1.54) is 0 Å². The van der Waals surface area contributed by atoms with Gasteiger partial charge in [-0.25, -0.2) is 0 Å². The smallest absolute Gasteiger partial charge is 0.0219 e. The van der Waals surface area contributed by atoms with E-state index in [1.807, 2.05) is 24.5 Å². The molecular weight excluding hydrogens is 98.1 g/mol. The van der Waals surface area contributed by atoms with Gasteiger partial charge < -0.3 is 4.57 Å². The van der Waals surface area contributed by atoms with E-state index in [9.17, 15) is 0 Å². The molecular formula is C7H10N. The molecule has 1 nitrogen and oxygen atoms in total. The third-order valence-electron chi connectivity index (χ3n) is 1.08. The highest BCUT2D eigenvalue weighted by atomic mass is 14.9. The molecule has 0 N–H and O–H groups in total. The first-order valence-electron chi connectivity index (χ1n) is 2.83. The van der Waals surface area contributed by atoms with Crippen molar-refractivity contribution in [2.75, 3.05) is 0 Å². The molecule has 0 saturated carbocycles. The summed E-state index contributed by atoms with van der Waals surface area (Å²) in [5.41, 5.74) is 0. The van der Waals surface area contributed by atoms with Crippen molar-refractivity contribution in [1.82, 2.24) is 4.57 Å². The molecule has 0 atom stereocenters. The molecule has 1 aromatic rings. The van der Waals surface area contributed by atoms with Gasteiger partial charge in [0.05, 0.1) is 0 Å². The van der Waals surface area contributed by atoms with Crippen LogP contribution in [0.5, 0.6) is 0 Å². The fourth-order valence-corrected chi connectivity index (χ4v) is 0.702. The van der Waals surface area contributed by atoms with Crippen LogP contribution in [0.25, 0.3) is 0 Å². The summed E-state index contributed by atoms with van der Waals surface area (Å²) in [4.78, 5) is 0. The highest BCUT2D eigenvalue weighted by molar-refractivity contribution is 4.89. The van der Waals surface area contributed by atoms with Crippen LogP contribution >= 0.6 is 0 Å². The third-order valence-corrected chi connectivity index (χ3v) is 1.08. The quantitative estimate of drug-likeness (QED) is 0.543. The summed E-state index contributed by atoms with van der Waals surface area (Å²) in [5.74, 6) is 0. The van der Waals surface area contributed by atoms with E-state index in [2.05, 4.69) is 11.5 Å². The van der Waals surface area contributed by atoms with Crippen LogP contribution in [0.1, 0.15) is 6.42 Å². The molecule has 1 heteroatoms. The summed E-state index contributed by atoms with van der Waals surface area (Å²) in [5, 5.41) is 0. The molecule has 0 aliphatic heterocycles. The molecule has 8 heavy (non-hydrogen) atoms. The Labute approximate surface area is 49.9 Å². The first kappa shape index (κ1) is 5.42. The average Bonchev–Trinajstić information content (AvgIpc) is 2.19. The molecule has 0 saturated heterocycles. The van der Waals surface area contributed by atoms with Crippen LogP contribution < -0.4 is 0 Å². The van der Waals surface area contributed by atoms with Crippen molar-refractivity contribution in [1.29, 1.82) is 0 Å². The molecule has 0 fully saturated rings. The Morgan fingerprint density at radius 2 is 1.88 bits per heavy atom. The van der Waals surface area contributed by atoms with Crippen LogP contribution in [0.3, 0.4) is 0 Å². The lowest BCUT2D eigenvalue weighted by Crippen LogP contribution is -1.89. The predicted molar refractivity (Wildman–Crippen MR) is 34.4 cm³/mol. The Morgan fingerprint density at radius 3 is 2.38 bits per heavy atom. The summed E-state index contributed by atoms with van der Waals surface area (Å²) >= 11 is 0. The second-order valence-corrected chi connectivity index (χ2v) is 1.77. The summed E-state index contributed by atoms with van der Waals surface area (Å²) in [7, 11) is 0. The first-order valence-corrected chi connectivity index (χ1v) is 2.83. The van der Waals surface area contributed by atoms with Crippen molar-refractivity contribution in [3.8, 4) is 0 Å². The van der Waals surface area contributed by atoms with E-state index < -0.39 is 0 Å². The lowest BCUT2D eigenvalue weighted by atomic mass is 10.5. The zero-order valence-electron chi connectivity index (χ0n) is 4.88. The predicted octanol–water partition coefficient (Wildman–Crippen LogP) is 1.71. The summed E-state index contributed by atoms with van der Waals surface area (Å²) in [6.45, 7) is 4.77. The third kappa shape index (κ3) is 1.12. The summed E-state index contributed by atoms with van der Waals surface area (Å²) in [6.07, 6.45) is 5.06. The normalized spacial score (nSPS) is 9.62. The van der Waals surface area contributed by atoms with Crippen molar-refractivity contribution in [3.05, 3.63) is 31.5 Å². The molecule has 0 aliphatic rings. The standard InChI is InChI=1S/C7H10N/c1-2-5-8-6-3-4-7-8/h3-4,6-7H,1-2,5H2. The van der Waals surface area contributed by atoms with Crippen molar-refractivity contribution < 1.29 is 0 Å². The summed E-state index contributed by atoms with van der Waals surface area (Å²) < 4.78 is 2.12. The maximum Gasteiger partial charge on any atom is 0.0219 e. The molecule has 1 rings (SSSR count). The average molecular weight is 108 g/mol. The molecule has 1 heterocycles. The lowest BCUT2D eigenvalue weighted by molar-refractivity contribution is 0.713. The van der Waals surface area contributed by atoms with Crippen LogP contribution in [-0.4, -0.2) is 4.57 Å². The van der Waals surface area contributed by atoms with Gasteiger partial charge in [0.25, 0.3) is 0 Å². The molecule has 0 aromatic carbocycles. The molecule has 0 aliphatic carbocycles. The van der Waals surface area contributed by atoms with Crippen LogP contribution in [-0.2, 0) is 6.54 Å². The Kier molecular flexibility index (Phi) is 1.73. The zero-order chi connectivity index (χ0) is 5.82. The first-order chi connectivity index (χ1) is 3.93.